The first-order valence-electron chi connectivity index (χ1n) is 11.7. The highest BCUT2D eigenvalue weighted by Gasteiger charge is 2.29. The summed E-state index contributed by atoms with van der Waals surface area (Å²) in [5, 5.41) is 3.16. The van der Waals surface area contributed by atoms with Crippen molar-refractivity contribution in [2.45, 2.75) is 57.1 Å². The number of alkyl halides is 2. The Morgan fingerprint density at radius 1 is 0.941 bits per heavy atom. The van der Waals surface area contributed by atoms with Crippen LogP contribution in [0.25, 0.3) is 0 Å². The maximum Gasteiger partial charge on any atom is 0.387 e. The number of halogens is 2. The van der Waals surface area contributed by atoms with Crippen molar-refractivity contribution < 1.29 is 32.5 Å². The fourth-order valence-electron chi connectivity index (χ4n) is 4.49. The molecule has 2 aliphatic carbocycles. The van der Waals surface area contributed by atoms with Gasteiger partial charge in [0.1, 0.15) is 0 Å². The van der Waals surface area contributed by atoms with Crippen molar-refractivity contribution in [3.63, 3.8) is 0 Å². The largest absolute Gasteiger partial charge is 0.493 e. The topological polar surface area (TPSA) is 66.0 Å². The monoisotopic (exact) mass is 475 g/mol. The van der Waals surface area contributed by atoms with Gasteiger partial charge in [-0.1, -0.05) is 18.9 Å². The van der Waals surface area contributed by atoms with Gasteiger partial charge in [0.25, 0.3) is 5.91 Å². The summed E-state index contributed by atoms with van der Waals surface area (Å²) in [5.74, 6) is 1.71. The first-order valence-corrected chi connectivity index (χ1v) is 11.7. The van der Waals surface area contributed by atoms with Crippen molar-refractivity contribution in [1.29, 1.82) is 0 Å². The molecule has 2 aromatic rings. The van der Waals surface area contributed by atoms with E-state index in [-0.39, 0.29) is 29.4 Å². The fraction of sp³-hybridized carbons (Fsp3) is 0.500. The highest BCUT2D eigenvalue weighted by atomic mass is 19.3. The zero-order valence-electron chi connectivity index (χ0n) is 19.5. The molecule has 0 unspecified atom stereocenters. The Bertz CT molecular complexity index is 995. The minimum atomic E-state index is -2.97. The lowest BCUT2D eigenvalue weighted by Gasteiger charge is -2.33. The predicted octanol–water partition coefficient (Wildman–Crippen LogP) is 5.55. The third kappa shape index (κ3) is 5.90. The Hall–Kier alpha value is -3.03. The van der Waals surface area contributed by atoms with Crippen LogP contribution in [0.15, 0.2) is 36.4 Å². The highest BCUT2D eigenvalue weighted by Crippen LogP contribution is 2.38. The molecule has 2 fully saturated rings. The quantitative estimate of drug-likeness (QED) is 0.488. The summed E-state index contributed by atoms with van der Waals surface area (Å²) in [6.07, 6.45) is 6.00. The fourth-order valence-corrected chi connectivity index (χ4v) is 4.49. The molecule has 0 aliphatic heterocycles. The number of rotatable bonds is 10. The first-order chi connectivity index (χ1) is 16.5. The Labute approximate surface area is 198 Å². The van der Waals surface area contributed by atoms with Crippen LogP contribution in [0.2, 0.25) is 0 Å². The van der Waals surface area contributed by atoms with Crippen LogP contribution in [0.5, 0.6) is 23.0 Å². The molecule has 2 aliphatic rings. The number of nitrogens with one attached hydrogen (secondary N) is 1. The third-order valence-corrected chi connectivity index (χ3v) is 6.51. The van der Waals surface area contributed by atoms with Crippen molar-refractivity contribution in [1.82, 2.24) is 5.32 Å². The zero-order valence-corrected chi connectivity index (χ0v) is 19.5. The smallest absolute Gasteiger partial charge is 0.387 e. The third-order valence-electron chi connectivity index (χ3n) is 6.51. The van der Waals surface area contributed by atoms with E-state index >= 15 is 0 Å². The number of hydrogen-bond donors (Lipinski definition) is 1. The average molecular weight is 476 g/mol. The summed E-state index contributed by atoms with van der Waals surface area (Å²) < 4.78 is 46.7. The van der Waals surface area contributed by atoms with Gasteiger partial charge in [-0.2, -0.15) is 8.78 Å². The summed E-state index contributed by atoms with van der Waals surface area (Å²) in [7, 11) is 3.20. The van der Waals surface area contributed by atoms with Crippen LogP contribution in [0.1, 0.15) is 60.4 Å². The number of carbonyl (C=O) groups is 1. The second-order valence-electron chi connectivity index (χ2n) is 8.88. The zero-order chi connectivity index (χ0) is 24.1. The molecule has 8 heteroatoms. The van der Waals surface area contributed by atoms with Crippen LogP contribution in [-0.4, -0.2) is 39.4 Å². The normalized spacial score (nSPS) is 20.0. The lowest BCUT2D eigenvalue weighted by molar-refractivity contribution is -0.0515. The van der Waals surface area contributed by atoms with E-state index in [1.54, 1.807) is 14.2 Å². The van der Waals surface area contributed by atoms with Gasteiger partial charge >= 0.3 is 6.61 Å². The summed E-state index contributed by atoms with van der Waals surface area (Å²) in [5.41, 5.74) is 1.43. The van der Waals surface area contributed by atoms with E-state index < -0.39 is 6.61 Å². The van der Waals surface area contributed by atoms with Crippen LogP contribution >= 0.6 is 0 Å². The number of amides is 1. The molecular weight excluding hydrogens is 444 g/mol. The van der Waals surface area contributed by atoms with Crippen molar-refractivity contribution in [2.75, 3.05) is 20.8 Å². The molecule has 0 spiro atoms. The van der Waals surface area contributed by atoms with Gasteiger partial charge in [0.2, 0.25) is 0 Å². The van der Waals surface area contributed by atoms with E-state index in [1.807, 2.05) is 18.2 Å². The van der Waals surface area contributed by atoms with Gasteiger partial charge in [0, 0.05) is 17.5 Å². The van der Waals surface area contributed by atoms with Crippen LogP contribution in [-0.2, 0) is 0 Å². The van der Waals surface area contributed by atoms with E-state index in [0.29, 0.717) is 29.6 Å². The molecule has 0 aromatic heterocycles. The van der Waals surface area contributed by atoms with Crippen LogP contribution < -0.4 is 24.3 Å². The van der Waals surface area contributed by atoms with E-state index in [4.69, 9.17) is 14.2 Å². The second kappa shape index (κ2) is 10.9. The van der Waals surface area contributed by atoms with Gasteiger partial charge < -0.3 is 24.3 Å². The molecule has 0 bridgehead atoms. The molecule has 6 nitrogen and oxygen atoms in total. The van der Waals surface area contributed by atoms with Gasteiger partial charge in [-0.15, -0.1) is 0 Å². The molecule has 0 radical (unpaired) electrons. The average Bonchev–Trinajstić information content (AvgIpc) is 3.67. The van der Waals surface area contributed by atoms with Crippen LogP contribution in [0, 0.1) is 5.92 Å². The lowest BCUT2D eigenvalue weighted by atomic mass is 9.79. The molecule has 2 saturated carbocycles. The van der Waals surface area contributed by atoms with Crippen molar-refractivity contribution in [3.8, 4) is 23.0 Å². The van der Waals surface area contributed by atoms with Crippen LogP contribution in [0.4, 0.5) is 8.78 Å². The molecule has 34 heavy (non-hydrogen) atoms. The summed E-state index contributed by atoms with van der Waals surface area (Å²) in [6.45, 7) is -2.54. The molecule has 0 heterocycles. The molecule has 0 saturated heterocycles. The first kappa shape index (κ1) is 24.1. The maximum atomic E-state index is 13.1. The minimum absolute atomic E-state index is 0.0620. The van der Waals surface area contributed by atoms with Gasteiger partial charge in [-0.05, 0) is 67.5 Å². The Balaban J connectivity index is 1.51. The van der Waals surface area contributed by atoms with E-state index in [9.17, 15) is 13.6 Å². The Morgan fingerprint density at radius 2 is 1.68 bits per heavy atom. The summed E-state index contributed by atoms with van der Waals surface area (Å²) in [4.78, 5) is 13.1. The van der Waals surface area contributed by atoms with Crippen molar-refractivity contribution >= 4 is 5.91 Å². The number of hydrogen-bond acceptors (Lipinski definition) is 5. The molecule has 2 atom stereocenters. The van der Waals surface area contributed by atoms with Gasteiger partial charge in [-0.3, -0.25) is 4.79 Å². The van der Waals surface area contributed by atoms with Crippen molar-refractivity contribution in [3.05, 3.63) is 47.5 Å². The lowest BCUT2D eigenvalue weighted by Crippen LogP contribution is -2.41. The van der Waals surface area contributed by atoms with E-state index in [2.05, 4.69) is 10.1 Å². The van der Waals surface area contributed by atoms with E-state index in [0.717, 1.165) is 44.1 Å². The molecular formula is C26H31F2NO5. The number of benzene rings is 2. The molecule has 2 aromatic carbocycles. The Morgan fingerprint density at radius 3 is 2.38 bits per heavy atom. The summed E-state index contributed by atoms with van der Waals surface area (Å²) in [6, 6.07) is 10.1. The molecule has 1 N–H and O–H groups in total. The van der Waals surface area contributed by atoms with Crippen LogP contribution in [0.3, 0.4) is 0 Å². The predicted molar refractivity (Wildman–Crippen MR) is 123 cm³/mol. The van der Waals surface area contributed by atoms with Gasteiger partial charge in [0.15, 0.2) is 23.0 Å². The van der Waals surface area contributed by atoms with Crippen molar-refractivity contribution in [2.24, 2.45) is 5.92 Å². The maximum absolute atomic E-state index is 13.1. The second-order valence-corrected chi connectivity index (χ2v) is 8.88. The SMILES string of the molecule is COc1ccc([C@H]2CCCC[C@H]2NC(=O)c2ccc(OC(F)F)c(OCC3CC3)c2)cc1OC. The summed E-state index contributed by atoms with van der Waals surface area (Å²) >= 11 is 0. The standard InChI is InChI=1S/C26H31F2NO5/c1-31-21-11-9-17(13-23(21)32-2)19-5-3-4-6-20(19)29-25(30)18-10-12-22(34-26(27)28)24(14-18)33-15-16-7-8-16/h9-14,16,19-20,26H,3-8,15H2,1-2H3,(H,29,30)/t19-,20-/m1/s1. The van der Waals surface area contributed by atoms with Gasteiger partial charge in [-0.25, -0.2) is 0 Å². The number of ether oxygens (including phenoxy) is 4. The molecule has 4 rings (SSSR count). The molecule has 1 amide bonds. The number of methoxy groups -OCH3 is 2. The molecule has 184 valence electrons. The van der Waals surface area contributed by atoms with E-state index in [1.165, 1.54) is 18.2 Å². The highest BCUT2D eigenvalue weighted by molar-refractivity contribution is 5.95. The van der Waals surface area contributed by atoms with Gasteiger partial charge in [0.05, 0.1) is 20.8 Å². The Kier molecular flexibility index (Phi) is 7.75. The number of carbonyl (C=O) groups excluding carboxylic acids is 1. The minimum Gasteiger partial charge on any atom is -0.493 e.